The minimum Gasteiger partial charge on any atom is -0.362 e. The molecule has 1 atom stereocenters. The summed E-state index contributed by atoms with van der Waals surface area (Å²) in [5.74, 6) is -1.37. The zero-order valence-electron chi connectivity index (χ0n) is 8.10. The molecule has 86 valence electrons. The van der Waals surface area contributed by atoms with E-state index in [2.05, 4.69) is 21.2 Å². The number of morpholine rings is 1. The molecule has 0 radical (unpaired) electrons. The van der Waals surface area contributed by atoms with Crippen molar-refractivity contribution < 1.29 is 18.3 Å². The third-order valence-electron chi connectivity index (χ3n) is 2.29. The number of amides is 1. The van der Waals surface area contributed by atoms with Gasteiger partial charge in [0.1, 0.15) is 24.3 Å². The van der Waals surface area contributed by atoms with Crippen LogP contribution in [0.2, 0.25) is 0 Å². The van der Waals surface area contributed by atoms with E-state index < -0.39 is 17.7 Å². The van der Waals surface area contributed by atoms with Crippen LogP contribution in [0.3, 0.4) is 0 Å². The minimum absolute atomic E-state index is 0.0635. The number of ether oxygens (including phenoxy) is 1. The van der Waals surface area contributed by atoms with Crippen LogP contribution in [0, 0.1) is 11.6 Å². The summed E-state index contributed by atoms with van der Waals surface area (Å²) in [7, 11) is 0. The van der Waals surface area contributed by atoms with Crippen LogP contribution in [0.25, 0.3) is 0 Å². The van der Waals surface area contributed by atoms with Gasteiger partial charge >= 0.3 is 0 Å². The molecule has 1 saturated heterocycles. The lowest BCUT2D eigenvalue weighted by atomic mass is 10.1. The number of halogens is 3. The molecular formula is C10H8BrF2NO2. The summed E-state index contributed by atoms with van der Waals surface area (Å²) in [5.41, 5.74) is 0.112. The molecule has 1 aromatic rings. The SMILES string of the molecule is O=C1COC(c2cc(F)c(Br)cc2F)CN1. The molecule has 16 heavy (non-hydrogen) atoms. The van der Waals surface area contributed by atoms with E-state index in [0.29, 0.717) is 0 Å². The Balaban J connectivity index is 2.26. The average molecular weight is 292 g/mol. The van der Waals surface area contributed by atoms with Gasteiger partial charge in [-0.05, 0) is 28.1 Å². The zero-order chi connectivity index (χ0) is 11.7. The predicted molar refractivity (Wildman–Crippen MR) is 55.8 cm³/mol. The van der Waals surface area contributed by atoms with Gasteiger partial charge in [-0.25, -0.2) is 8.78 Å². The average Bonchev–Trinajstić information content (AvgIpc) is 2.25. The summed E-state index contributed by atoms with van der Waals surface area (Å²) < 4.78 is 31.9. The Morgan fingerprint density at radius 3 is 2.75 bits per heavy atom. The summed E-state index contributed by atoms with van der Waals surface area (Å²) in [6.45, 7) is 0.0125. The molecule has 3 nitrogen and oxygen atoms in total. The first kappa shape index (κ1) is 11.5. The van der Waals surface area contributed by atoms with Crippen LogP contribution in [-0.2, 0) is 9.53 Å². The first-order valence-electron chi connectivity index (χ1n) is 4.60. The van der Waals surface area contributed by atoms with Gasteiger partial charge in [-0.15, -0.1) is 0 Å². The van der Waals surface area contributed by atoms with Crippen molar-refractivity contribution in [2.45, 2.75) is 6.10 Å². The Hall–Kier alpha value is -1.01. The van der Waals surface area contributed by atoms with E-state index in [4.69, 9.17) is 4.74 Å². The maximum absolute atomic E-state index is 13.5. The molecule has 1 aromatic carbocycles. The van der Waals surface area contributed by atoms with Crippen molar-refractivity contribution in [3.05, 3.63) is 33.8 Å². The molecule has 6 heteroatoms. The Morgan fingerprint density at radius 2 is 2.12 bits per heavy atom. The Kier molecular flexibility index (Phi) is 3.20. The maximum Gasteiger partial charge on any atom is 0.246 e. The van der Waals surface area contributed by atoms with Crippen LogP contribution in [0.4, 0.5) is 8.78 Å². The molecule has 1 N–H and O–H groups in total. The van der Waals surface area contributed by atoms with Gasteiger partial charge in [-0.2, -0.15) is 0 Å². The van der Waals surface area contributed by atoms with Gasteiger partial charge in [-0.3, -0.25) is 4.79 Å². The molecule has 0 aromatic heterocycles. The first-order valence-corrected chi connectivity index (χ1v) is 5.40. The molecule has 1 aliphatic rings. The predicted octanol–water partition coefficient (Wildman–Crippen LogP) is 1.91. The van der Waals surface area contributed by atoms with Gasteiger partial charge in [-0.1, -0.05) is 0 Å². The quantitative estimate of drug-likeness (QED) is 0.803. The zero-order valence-corrected chi connectivity index (χ0v) is 9.68. The number of hydrogen-bond donors (Lipinski definition) is 1. The smallest absolute Gasteiger partial charge is 0.246 e. The lowest BCUT2D eigenvalue weighted by molar-refractivity contribution is -0.133. The van der Waals surface area contributed by atoms with Gasteiger partial charge in [0, 0.05) is 12.1 Å². The number of carbonyl (C=O) groups excluding carboxylic acids is 1. The highest BCUT2D eigenvalue weighted by molar-refractivity contribution is 9.10. The number of rotatable bonds is 1. The fourth-order valence-corrected chi connectivity index (χ4v) is 1.79. The number of benzene rings is 1. The summed E-state index contributed by atoms with van der Waals surface area (Å²) >= 11 is 2.89. The lowest BCUT2D eigenvalue weighted by Gasteiger charge is -2.23. The first-order chi connectivity index (χ1) is 7.58. The molecule has 1 unspecified atom stereocenters. The molecule has 0 saturated carbocycles. The van der Waals surface area contributed by atoms with Crippen LogP contribution in [0.5, 0.6) is 0 Å². The molecular weight excluding hydrogens is 284 g/mol. The van der Waals surface area contributed by atoms with Crippen LogP contribution >= 0.6 is 15.9 Å². The molecule has 1 heterocycles. The van der Waals surface area contributed by atoms with Crippen molar-refractivity contribution in [1.82, 2.24) is 5.32 Å². The molecule has 2 rings (SSSR count). The molecule has 0 bridgehead atoms. The van der Waals surface area contributed by atoms with E-state index in [1.807, 2.05) is 0 Å². The van der Waals surface area contributed by atoms with Gasteiger partial charge < -0.3 is 10.1 Å². The number of hydrogen-bond acceptors (Lipinski definition) is 2. The summed E-state index contributed by atoms with van der Waals surface area (Å²) in [4.78, 5) is 10.8. The monoisotopic (exact) mass is 291 g/mol. The molecule has 1 fully saturated rings. The van der Waals surface area contributed by atoms with Crippen LogP contribution in [-0.4, -0.2) is 19.1 Å². The normalized spacial score (nSPS) is 20.7. The molecule has 1 aliphatic heterocycles. The largest absolute Gasteiger partial charge is 0.362 e. The standard InChI is InChI=1S/C10H8BrF2NO2/c11-6-2-7(12)5(1-8(6)13)9-3-14-10(15)4-16-9/h1-2,9H,3-4H2,(H,14,15). The Bertz CT molecular complexity index is 429. The highest BCUT2D eigenvalue weighted by Gasteiger charge is 2.23. The number of carbonyl (C=O) groups is 1. The number of nitrogens with one attached hydrogen (secondary N) is 1. The van der Waals surface area contributed by atoms with E-state index in [0.717, 1.165) is 12.1 Å². The van der Waals surface area contributed by atoms with Crippen LogP contribution in [0.1, 0.15) is 11.7 Å². The highest BCUT2D eigenvalue weighted by Crippen LogP contribution is 2.26. The van der Waals surface area contributed by atoms with Crippen molar-refractivity contribution in [3.63, 3.8) is 0 Å². The van der Waals surface area contributed by atoms with E-state index in [1.165, 1.54) is 0 Å². The molecule has 0 spiro atoms. The summed E-state index contributed by atoms with van der Waals surface area (Å²) in [6.07, 6.45) is -0.639. The van der Waals surface area contributed by atoms with Gasteiger partial charge in [0.05, 0.1) is 4.47 Å². The molecule has 1 amide bonds. The Labute approximate surface area is 98.9 Å². The lowest BCUT2D eigenvalue weighted by Crippen LogP contribution is -2.39. The third-order valence-corrected chi connectivity index (χ3v) is 2.89. The van der Waals surface area contributed by atoms with Gasteiger partial charge in [0.2, 0.25) is 5.91 Å². The Morgan fingerprint density at radius 1 is 1.38 bits per heavy atom. The van der Waals surface area contributed by atoms with Crippen molar-refractivity contribution in [3.8, 4) is 0 Å². The van der Waals surface area contributed by atoms with E-state index >= 15 is 0 Å². The fraction of sp³-hybridized carbons (Fsp3) is 0.300. The summed E-state index contributed by atoms with van der Waals surface area (Å²) in [5, 5.41) is 2.53. The van der Waals surface area contributed by atoms with Crippen molar-refractivity contribution in [1.29, 1.82) is 0 Å². The van der Waals surface area contributed by atoms with Crippen molar-refractivity contribution >= 4 is 21.8 Å². The maximum atomic E-state index is 13.5. The fourth-order valence-electron chi connectivity index (χ4n) is 1.48. The topological polar surface area (TPSA) is 38.3 Å². The third kappa shape index (κ3) is 2.22. The van der Waals surface area contributed by atoms with Crippen molar-refractivity contribution in [2.75, 3.05) is 13.2 Å². The summed E-state index contributed by atoms with van der Waals surface area (Å²) in [6, 6.07) is 2.12. The second-order valence-corrected chi connectivity index (χ2v) is 4.25. The van der Waals surface area contributed by atoms with E-state index in [9.17, 15) is 13.6 Å². The van der Waals surface area contributed by atoms with Crippen LogP contribution < -0.4 is 5.32 Å². The molecule has 0 aliphatic carbocycles. The second-order valence-electron chi connectivity index (χ2n) is 3.39. The van der Waals surface area contributed by atoms with Gasteiger partial charge in [0.25, 0.3) is 0 Å². The minimum atomic E-state index is -0.639. The second kappa shape index (κ2) is 4.47. The van der Waals surface area contributed by atoms with E-state index in [-0.39, 0.29) is 29.1 Å². The van der Waals surface area contributed by atoms with Gasteiger partial charge in [0.15, 0.2) is 0 Å². The van der Waals surface area contributed by atoms with E-state index in [1.54, 1.807) is 0 Å². The highest BCUT2D eigenvalue weighted by atomic mass is 79.9. The van der Waals surface area contributed by atoms with Crippen molar-refractivity contribution in [2.24, 2.45) is 0 Å². The van der Waals surface area contributed by atoms with Crippen LogP contribution in [0.15, 0.2) is 16.6 Å².